The summed E-state index contributed by atoms with van der Waals surface area (Å²) in [4.78, 5) is 0. The minimum absolute atomic E-state index is 0.133. The van der Waals surface area contributed by atoms with Gasteiger partial charge in [-0.1, -0.05) is 128 Å². The Balaban J connectivity index is 0.000000165. The van der Waals surface area contributed by atoms with Crippen LogP contribution in [0.2, 0.25) is 0 Å². The van der Waals surface area contributed by atoms with Gasteiger partial charge in [-0.2, -0.15) is 0 Å². The summed E-state index contributed by atoms with van der Waals surface area (Å²) in [6.45, 7) is 11.2. The topological polar surface area (TPSA) is 0 Å². The van der Waals surface area contributed by atoms with E-state index in [2.05, 4.69) is 132 Å². The largest absolute Gasteiger partial charge is 0.0622 e. The van der Waals surface area contributed by atoms with Gasteiger partial charge in [0.15, 0.2) is 0 Å². The molecule has 0 heteroatoms. The van der Waals surface area contributed by atoms with E-state index in [0.717, 1.165) is 0 Å². The van der Waals surface area contributed by atoms with Crippen LogP contribution in [0, 0.1) is 13.8 Å². The average molecular weight is 417 g/mol. The second-order valence-corrected chi connectivity index (χ2v) is 9.22. The normalized spacial score (nSPS) is 13.9. The van der Waals surface area contributed by atoms with Crippen molar-refractivity contribution in [1.82, 2.24) is 0 Å². The molecule has 5 rings (SSSR count). The Bertz CT molecular complexity index is 1240. The third-order valence-corrected chi connectivity index (χ3v) is 6.76. The van der Waals surface area contributed by atoms with Crippen LogP contribution in [-0.4, -0.2) is 0 Å². The van der Waals surface area contributed by atoms with Crippen molar-refractivity contribution in [3.63, 3.8) is 0 Å². The first kappa shape index (κ1) is 21.8. The van der Waals surface area contributed by atoms with E-state index in [1.54, 1.807) is 0 Å². The summed E-state index contributed by atoms with van der Waals surface area (Å²) in [7, 11) is 0. The zero-order valence-corrected chi connectivity index (χ0v) is 19.8. The Kier molecular flexibility index (Phi) is 6.15. The van der Waals surface area contributed by atoms with Gasteiger partial charge in [-0.15, -0.1) is 0 Å². The van der Waals surface area contributed by atoms with Crippen molar-refractivity contribution in [2.24, 2.45) is 0 Å². The first-order chi connectivity index (χ1) is 15.4. The zero-order valence-electron chi connectivity index (χ0n) is 19.8. The molecule has 0 spiro atoms. The molecule has 0 aliphatic heterocycles. The summed E-state index contributed by atoms with van der Waals surface area (Å²) in [6, 6.07) is 36.5. The highest BCUT2D eigenvalue weighted by atomic mass is 14.4. The third-order valence-electron chi connectivity index (χ3n) is 6.76. The van der Waals surface area contributed by atoms with E-state index in [0.29, 0.717) is 0 Å². The number of benzene rings is 4. The highest BCUT2D eigenvalue weighted by molar-refractivity contribution is 5.90. The minimum atomic E-state index is 0.133. The van der Waals surface area contributed by atoms with E-state index in [1.807, 2.05) is 6.07 Å². The zero-order chi connectivity index (χ0) is 22.7. The van der Waals surface area contributed by atoms with Crippen LogP contribution in [0.1, 0.15) is 48.6 Å². The molecule has 0 fully saturated rings. The predicted molar refractivity (Wildman–Crippen MR) is 139 cm³/mol. The Morgan fingerprint density at radius 3 is 1.69 bits per heavy atom. The fourth-order valence-electron chi connectivity index (χ4n) is 4.54. The smallest absolute Gasteiger partial charge is 0.0118 e. The van der Waals surface area contributed by atoms with Crippen molar-refractivity contribution in [2.75, 3.05) is 0 Å². The van der Waals surface area contributed by atoms with Gasteiger partial charge in [0.2, 0.25) is 0 Å². The van der Waals surface area contributed by atoms with Gasteiger partial charge in [-0.05, 0) is 59.7 Å². The van der Waals surface area contributed by atoms with Gasteiger partial charge in [0, 0.05) is 5.41 Å². The molecule has 0 radical (unpaired) electrons. The highest BCUT2D eigenvalue weighted by Crippen LogP contribution is 2.48. The number of hydrogen-bond acceptors (Lipinski definition) is 0. The van der Waals surface area contributed by atoms with Crippen LogP contribution in [0.5, 0.6) is 0 Å². The molecule has 4 aromatic carbocycles. The molecule has 0 aromatic heterocycles. The lowest BCUT2D eigenvalue weighted by molar-refractivity contribution is 0.639. The lowest BCUT2D eigenvalue weighted by Crippen LogP contribution is -2.15. The Labute approximate surface area is 193 Å². The van der Waals surface area contributed by atoms with E-state index in [1.165, 1.54) is 50.1 Å². The number of rotatable bonds is 2. The quantitative estimate of drug-likeness (QED) is 0.306. The monoisotopic (exact) mass is 416 g/mol. The van der Waals surface area contributed by atoms with Crippen molar-refractivity contribution in [3.8, 4) is 11.1 Å². The molecule has 1 aliphatic carbocycles. The molecule has 4 aromatic rings. The molecule has 0 amide bonds. The second kappa shape index (κ2) is 9.01. The van der Waals surface area contributed by atoms with Gasteiger partial charge < -0.3 is 0 Å². The number of hydrogen-bond donors (Lipinski definition) is 0. The molecule has 0 N–H and O–H groups in total. The van der Waals surface area contributed by atoms with Gasteiger partial charge in [-0.25, -0.2) is 0 Å². The fraction of sp³-hybridized carbons (Fsp3) is 0.188. The van der Waals surface area contributed by atoms with E-state index in [9.17, 15) is 0 Å². The molecule has 0 bridgehead atoms. The summed E-state index contributed by atoms with van der Waals surface area (Å²) < 4.78 is 0. The minimum Gasteiger partial charge on any atom is -0.0622 e. The van der Waals surface area contributed by atoms with Crippen LogP contribution in [-0.2, 0) is 5.41 Å². The molecule has 0 heterocycles. The lowest BCUT2D eigenvalue weighted by atomic mass is 9.82. The van der Waals surface area contributed by atoms with Gasteiger partial charge >= 0.3 is 0 Å². The first-order valence-electron chi connectivity index (χ1n) is 11.4. The van der Waals surface area contributed by atoms with Crippen LogP contribution in [0.15, 0.2) is 109 Å². The molecular formula is C32H32. The molecular weight excluding hydrogens is 384 g/mol. The Morgan fingerprint density at radius 2 is 1.03 bits per heavy atom. The number of fused-ring (bicyclic) bond motifs is 1. The Hall–Kier alpha value is -3.38. The molecule has 160 valence electrons. The average Bonchev–Trinajstić information content (AvgIpc) is 3.01. The molecule has 0 saturated heterocycles. The standard InChI is InChI=1S/C19H20.C13H12/c1-13-9-5-6-10-15(13)18-14(2)19(3,4)17-12-8-7-11-16(17)18;1-11-7-9-13(10-8-11)12-5-3-2-4-6-12/h5-12H,1-4H3;2-10H,1H3. The lowest BCUT2D eigenvalue weighted by Gasteiger charge is -2.22. The van der Waals surface area contributed by atoms with Crippen molar-refractivity contribution in [2.45, 2.75) is 40.0 Å². The van der Waals surface area contributed by atoms with Crippen LogP contribution < -0.4 is 0 Å². The maximum Gasteiger partial charge on any atom is 0.0118 e. The maximum atomic E-state index is 2.33. The fourth-order valence-corrected chi connectivity index (χ4v) is 4.54. The summed E-state index contributed by atoms with van der Waals surface area (Å²) in [6.07, 6.45) is 0. The van der Waals surface area contributed by atoms with Crippen molar-refractivity contribution >= 4 is 5.57 Å². The summed E-state index contributed by atoms with van der Waals surface area (Å²) in [5.41, 5.74) is 12.5. The van der Waals surface area contributed by atoms with Gasteiger partial charge in [-0.3, -0.25) is 0 Å². The van der Waals surface area contributed by atoms with Crippen LogP contribution in [0.3, 0.4) is 0 Å². The van der Waals surface area contributed by atoms with Crippen molar-refractivity contribution in [1.29, 1.82) is 0 Å². The van der Waals surface area contributed by atoms with Crippen molar-refractivity contribution < 1.29 is 0 Å². The number of allylic oxidation sites excluding steroid dienone is 1. The van der Waals surface area contributed by atoms with Gasteiger partial charge in [0.05, 0.1) is 0 Å². The van der Waals surface area contributed by atoms with E-state index in [-0.39, 0.29) is 5.41 Å². The summed E-state index contributed by atoms with van der Waals surface area (Å²) >= 11 is 0. The molecule has 0 atom stereocenters. The van der Waals surface area contributed by atoms with Crippen LogP contribution >= 0.6 is 0 Å². The van der Waals surface area contributed by atoms with E-state index < -0.39 is 0 Å². The van der Waals surface area contributed by atoms with Crippen LogP contribution in [0.4, 0.5) is 0 Å². The molecule has 0 saturated carbocycles. The molecule has 0 unspecified atom stereocenters. The van der Waals surface area contributed by atoms with Crippen molar-refractivity contribution in [3.05, 3.63) is 137 Å². The number of aryl methyl sites for hydroxylation is 2. The Morgan fingerprint density at radius 1 is 0.500 bits per heavy atom. The first-order valence-corrected chi connectivity index (χ1v) is 11.4. The SMILES string of the molecule is CC1=C(c2ccccc2C)c2ccccc2C1(C)C.Cc1ccc(-c2ccccc2)cc1. The second-order valence-electron chi connectivity index (χ2n) is 9.22. The van der Waals surface area contributed by atoms with E-state index in [4.69, 9.17) is 0 Å². The van der Waals surface area contributed by atoms with E-state index >= 15 is 0 Å². The predicted octanol–water partition coefficient (Wildman–Crippen LogP) is 8.77. The summed E-state index contributed by atoms with van der Waals surface area (Å²) in [5, 5.41) is 0. The third kappa shape index (κ3) is 4.18. The van der Waals surface area contributed by atoms with Gasteiger partial charge in [0.25, 0.3) is 0 Å². The maximum absolute atomic E-state index is 2.33. The molecule has 0 nitrogen and oxygen atoms in total. The van der Waals surface area contributed by atoms with Crippen LogP contribution in [0.25, 0.3) is 16.7 Å². The highest BCUT2D eigenvalue weighted by Gasteiger charge is 2.35. The molecule has 1 aliphatic rings. The summed E-state index contributed by atoms with van der Waals surface area (Å²) in [5.74, 6) is 0. The molecule has 32 heavy (non-hydrogen) atoms. The van der Waals surface area contributed by atoms with Gasteiger partial charge in [0.1, 0.15) is 0 Å².